The molecule has 0 aliphatic rings. The van der Waals surface area contributed by atoms with Gasteiger partial charge in [0.15, 0.2) is 0 Å². The molecular weight excluding hydrogens is 595 g/mol. The molecule has 0 saturated heterocycles. The fraction of sp³-hybridized carbons (Fsp3) is 0. The third-order valence-electron chi connectivity index (χ3n) is 9.21. The van der Waals surface area contributed by atoms with Gasteiger partial charge in [-0.2, -0.15) is 0 Å². The van der Waals surface area contributed by atoms with Crippen LogP contribution < -0.4 is 0 Å². The Morgan fingerprint density at radius 3 is 1.31 bits per heavy atom. The van der Waals surface area contributed by atoms with Gasteiger partial charge in [0, 0.05) is 27.5 Å². The van der Waals surface area contributed by atoms with Gasteiger partial charge in [0.25, 0.3) is 0 Å². The van der Waals surface area contributed by atoms with E-state index in [4.69, 9.17) is 9.97 Å². The first-order chi connectivity index (χ1) is 24.3. The van der Waals surface area contributed by atoms with Gasteiger partial charge in [-0.1, -0.05) is 158 Å². The molecule has 2 aromatic heterocycles. The molecule has 2 heterocycles. The zero-order valence-corrected chi connectivity index (χ0v) is 26.7. The van der Waals surface area contributed by atoms with E-state index in [0.29, 0.717) is 5.95 Å². The minimum Gasteiger partial charge on any atom is -0.277 e. The molecule has 7 aromatic carbocycles. The third kappa shape index (κ3) is 5.28. The number of hydrogen-bond donors (Lipinski definition) is 0. The maximum atomic E-state index is 5.32. The van der Waals surface area contributed by atoms with Crippen LogP contribution in [0, 0.1) is 0 Å². The summed E-state index contributed by atoms with van der Waals surface area (Å²) in [5.74, 6) is 0.636. The van der Waals surface area contributed by atoms with Gasteiger partial charge in [-0.15, -0.1) is 0 Å². The Hall–Kier alpha value is -6.58. The van der Waals surface area contributed by atoms with Gasteiger partial charge >= 0.3 is 0 Å². The highest BCUT2D eigenvalue weighted by atomic mass is 15.2. The number of benzene rings is 7. The standard InChI is InChI=1S/C46H31N3/c1-6-16-32(17-7-1)37-26-27-44-40(28-37)41-30-38(33-18-8-2-9-19-33)29-39(34-20-10-3-11-21-34)45(41)49(44)46-47-42(35-22-12-4-13-23-35)31-43(48-46)36-24-14-5-15-25-36/h1-31H. The molecule has 0 radical (unpaired) electrons. The normalized spacial score (nSPS) is 11.3. The van der Waals surface area contributed by atoms with Crippen molar-refractivity contribution in [1.82, 2.24) is 14.5 Å². The predicted octanol–water partition coefficient (Wildman–Crippen LogP) is 11.9. The van der Waals surface area contributed by atoms with Gasteiger partial charge in [-0.3, -0.25) is 4.57 Å². The number of fused-ring (bicyclic) bond motifs is 3. The van der Waals surface area contributed by atoms with Crippen LogP contribution in [0.5, 0.6) is 0 Å². The van der Waals surface area contributed by atoms with Crippen LogP contribution in [0.1, 0.15) is 0 Å². The maximum Gasteiger partial charge on any atom is 0.235 e. The molecule has 9 aromatic rings. The van der Waals surface area contributed by atoms with E-state index in [1.807, 2.05) is 12.1 Å². The fourth-order valence-electron chi connectivity index (χ4n) is 6.85. The number of nitrogens with zero attached hydrogens (tertiary/aromatic N) is 3. The first kappa shape index (κ1) is 28.6. The summed E-state index contributed by atoms with van der Waals surface area (Å²) in [5, 5.41) is 2.31. The van der Waals surface area contributed by atoms with E-state index in [1.165, 1.54) is 22.3 Å². The molecule has 0 fully saturated rings. The van der Waals surface area contributed by atoms with Crippen LogP contribution in [0.2, 0.25) is 0 Å². The second-order valence-electron chi connectivity index (χ2n) is 12.3. The minimum absolute atomic E-state index is 0.636. The van der Waals surface area contributed by atoms with Gasteiger partial charge in [0.2, 0.25) is 5.95 Å². The lowest BCUT2D eigenvalue weighted by atomic mass is 9.95. The number of rotatable bonds is 6. The van der Waals surface area contributed by atoms with Crippen LogP contribution in [0.25, 0.3) is 83.6 Å². The van der Waals surface area contributed by atoms with Crippen LogP contribution in [-0.4, -0.2) is 14.5 Å². The monoisotopic (exact) mass is 625 g/mol. The summed E-state index contributed by atoms with van der Waals surface area (Å²) in [6, 6.07) is 66.2. The summed E-state index contributed by atoms with van der Waals surface area (Å²) in [4.78, 5) is 10.6. The molecule has 0 aliphatic carbocycles. The third-order valence-corrected chi connectivity index (χ3v) is 9.21. The number of hydrogen-bond acceptors (Lipinski definition) is 2. The van der Waals surface area contributed by atoms with E-state index in [0.717, 1.165) is 55.4 Å². The van der Waals surface area contributed by atoms with Crippen LogP contribution >= 0.6 is 0 Å². The largest absolute Gasteiger partial charge is 0.277 e. The summed E-state index contributed by atoms with van der Waals surface area (Å²) in [6.45, 7) is 0. The molecule has 0 bridgehead atoms. The molecule has 49 heavy (non-hydrogen) atoms. The Kier molecular flexibility index (Phi) is 7.14. The summed E-state index contributed by atoms with van der Waals surface area (Å²) < 4.78 is 2.27. The second kappa shape index (κ2) is 12.2. The van der Waals surface area contributed by atoms with Crippen LogP contribution in [0.4, 0.5) is 0 Å². The van der Waals surface area contributed by atoms with Gasteiger partial charge in [0.05, 0.1) is 22.4 Å². The highest BCUT2D eigenvalue weighted by Crippen LogP contribution is 2.42. The maximum absolute atomic E-state index is 5.32. The van der Waals surface area contributed by atoms with Crippen molar-refractivity contribution in [1.29, 1.82) is 0 Å². The van der Waals surface area contributed by atoms with Crippen molar-refractivity contribution in [3.8, 4) is 61.8 Å². The lowest BCUT2D eigenvalue weighted by Crippen LogP contribution is -2.04. The molecule has 3 nitrogen and oxygen atoms in total. The Labute approximate surface area is 285 Å². The van der Waals surface area contributed by atoms with E-state index < -0.39 is 0 Å². The predicted molar refractivity (Wildman–Crippen MR) is 204 cm³/mol. The first-order valence-corrected chi connectivity index (χ1v) is 16.6. The fourth-order valence-corrected chi connectivity index (χ4v) is 6.85. The van der Waals surface area contributed by atoms with E-state index in [2.05, 4.69) is 180 Å². The van der Waals surface area contributed by atoms with Crippen LogP contribution in [-0.2, 0) is 0 Å². The van der Waals surface area contributed by atoms with E-state index >= 15 is 0 Å². The van der Waals surface area contributed by atoms with Gasteiger partial charge < -0.3 is 0 Å². The molecule has 0 spiro atoms. The first-order valence-electron chi connectivity index (χ1n) is 16.6. The van der Waals surface area contributed by atoms with Gasteiger partial charge in [-0.25, -0.2) is 9.97 Å². The quantitative estimate of drug-likeness (QED) is 0.184. The molecule has 0 saturated carbocycles. The van der Waals surface area contributed by atoms with E-state index in [-0.39, 0.29) is 0 Å². The topological polar surface area (TPSA) is 30.7 Å². The highest BCUT2D eigenvalue weighted by molar-refractivity contribution is 6.16. The zero-order valence-electron chi connectivity index (χ0n) is 26.7. The Balaban J connectivity index is 1.42. The zero-order chi connectivity index (χ0) is 32.6. The average molecular weight is 626 g/mol. The highest BCUT2D eigenvalue weighted by Gasteiger charge is 2.22. The summed E-state index contributed by atoms with van der Waals surface area (Å²) >= 11 is 0. The molecule has 0 aliphatic heterocycles. The average Bonchev–Trinajstić information content (AvgIpc) is 3.53. The Morgan fingerprint density at radius 1 is 0.327 bits per heavy atom. The van der Waals surface area contributed by atoms with E-state index in [1.54, 1.807) is 0 Å². The molecular formula is C46H31N3. The van der Waals surface area contributed by atoms with Crippen molar-refractivity contribution < 1.29 is 0 Å². The van der Waals surface area contributed by atoms with Crippen LogP contribution in [0.15, 0.2) is 188 Å². The van der Waals surface area contributed by atoms with Crippen molar-refractivity contribution in [2.75, 3.05) is 0 Å². The Bertz CT molecular complexity index is 2500. The smallest absolute Gasteiger partial charge is 0.235 e. The second-order valence-corrected chi connectivity index (χ2v) is 12.3. The Morgan fingerprint density at radius 2 is 0.776 bits per heavy atom. The minimum atomic E-state index is 0.636. The summed E-state index contributed by atoms with van der Waals surface area (Å²) in [5.41, 5.74) is 12.9. The SMILES string of the molecule is c1ccc(-c2ccc3c(c2)c2cc(-c4ccccc4)cc(-c4ccccc4)c2n3-c2nc(-c3ccccc3)cc(-c3ccccc3)n2)cc1. The van der Waals surface area contributed by atoms with Crippen LogP contribution in [0.3, 0.4) is 0 Å². The molecule has 0 unspecified atom stereocenters. The summed E-state index contributed by atoms with van der Waals surface area (Å²) in [6.07, 6.45) is 0. The molecule has 3 heteroatoms. The van der Waals surface area contributed by atoms with E-state index in [9.17, 15) is 0 Å². The van der Waals surface area contributed by atoms with Gasteiger partial charge in [-0.05, 0) is 58.1 Å². The lowest BCUT2D eigenvalue weighted by Gasteiger charge is -2.15. The summed E-state index contributed by atoms with van der Waals surface area (Å²) in [7, 11) is 0. The lowest BCUT2D eigenvalue weighted by molar-refractivity contribution is 0.996. The molecule has 9 rings (SSSR count). The van der Waals surface area contributed by atoms with Crippen molar-refractivity contribution in [2.24, 2.45) is 0 Å². The molecule has 0 atom stereocenters. The van der Waals surface area contributed by atoms with Crippen molar-refractivity contribution >= 4 is 21.8 Å². The molecule has 0 N–H and O–H groups in total. The van der Waals surface area contributed by atoms with Gasteiger partial charge in [0.1, 0.15) is 0 Å². The number of aromatic nitrogens is 3. The van der Waals surface area contributed by atoms with Crippen molar-refractivity contribution in [2.45, 2.75) is 0 Å². The van der Waals surface area contributed by atoms with Crippen molar-refractivity contribution in [3.63, 3.8) is 0 Å². The molecule has 0 amide bonds. The molecule has 230 valence electrons. The van der Waals surface area contributed by atoms with Crippen molar-refractivity contribution in [3.05, 3.63) is 188 Å².